The zero-order chi connectivity index (χ0) is 12.4. The van der Waals surface area contributed by atoms with Gasteiger partial charge in [0.25, 0.3) is 0 Å². The number of hydrogen-bond donors (Lipinski definition) is 1. The van der Waals surface area contributed by atoms with Crippen LogP contribution in [-0.2, 0) is 0 Å². The highest BCUT2D eigenvalue weighted by Gasteiger charge is 2.24. The predicted octanol–water partition coefficient (Wildman–Crippen LogP) is 2.69. The van der Waals surface area contributed by atoms with E-state index in [-0.39, 0.29) is 0 Å². The molecule has 0 aliphatic rings. The Morgan fingerprint density at radius 1 is 1.25 bits per heavy atom. The second kappa shape index (κ2) is 8.54. The fraction of sp³-hybridized carbons (Fsp3) is 0.714. The monoisotopic (exact) mass is 224 g/mol. The van der Waals surface area contributed by atoms with Crippen LogP contribution in [0, 0.1) is 5.41 Å². The minimum atomic E-state index is 0.343. The maximum Gasteiger partial charge on any atom is 0.0164 e. The molecule has 2 nitrogen and oxygen atoms in total. The summed E-state index contributed by atoms with van der Waals surface area (Å²) in [6, 6.07) is 0. The number of nitrogens with zero attached hydrogens (tertiary/aromatic N) is 1. The quantitative estimate of drug-likeness (QED) is 0.574. The van der Waals surface area contributed by atoms with E-state index in [0.29, 0.717) is 5.41 Å². The van der Waals surface area contributed by atoms with E-state index in [1.165, 1.54) is 12.8 Å². The highest BCUT2D eigenvalue weighted by Crippen LogP contribution is 2.23. The van der Waals surface area contributed by atoms with E-state index in [9.17, 15) is 0 Å². The molecular formula is C14H28N2. The van der Waals surface area contributed by atoms with Gasteiger partial charge in [-0.25, -0.2) is 0 Å². The van der Waals surface area contributed by atoms with Crippen LogP contribution in [0.5, 0.6) is 0 Å². The molecule has 0 aliphatic carbocycles. The Kier molecular flexibility index (Phi) is 8.22. The molecule has 0 aromatic rings. The van der Waals surface area contributed by atoms with Gasteiger partial charge in [0.05, 0.1) is 0 Å². The summed E-state index contributed by atoms with van der Waals surface area (Å²) in [4.78, 5) is 2.40. The normalized spacial score (nSPS) is 14.8. The second-order valence-electron chi connectivity index (χ2n) is 4.86. The molecule has 0 aromatic heterocycles. The van der Waals surface area contributed by atoms with Gasteiger partial charge in [-0.2, -0.15) is 0 Å². The van der Waals surface area contributed by atoms with Gasteiger partial charge < -0.3 is 5.32 Å². The van der Waals surface area contributed by atoms with Crippen LogP contribution in [0.2, 0.25) is 0 Å². The average molecular weight is 224 g/mol. The molecule has 16 heavy (non-hydrogen) atoms. The molecule has 0 aliphatic heterocycles. The van der Waals surface area contributed by atoms with Crippen LogP contribution in [0.3, 0.4) is 0 Å². The second-order valence-corrected chi connectivity index (χ2v) is 4.86. The van der Waals surface area contributed by atoms with Crippen molar-refractivity contribution >= 4 is 0 Å². The lowest BCUT2D eigenvalue weighted by molar-refractivity contribution is 0.174. The van der Waals surface area contributed by atoms with Gasteiger partial charge in [-0.1, -0.05) is 32.4 Å². The molecule has 94 valence electrons. The summed E-state index contributed by atoms with van der Waals surface area (Å²) in [5, 5.41) is 3.30. The molecule has 1 N–H and O–H groups in total. The van der Waals surface area contributed by atoms with Crippen molar-refractivity contribution in [3.63, 3.8) is 0 Å². The zero-order valence-corrected chi connectivity index (χ0v) is 11.3. The predicted molar refractivity (Wildman–Crippen MR) is 73.8 cm³/mol. The SMILES string of the molecule is C=CCN(CC=C)CC(C)(CCC)CNC. The molecule has 0 radical (unpaired) electrons. The minimum absolute atomic E-state index is 0.343. The molecule has 0 heterocycles. The van der Waals surface area contributed by atoms with E-state index >= 15 is 0 Å². The lowest BCUT2D eigenvalue weighted by Gasteiger charge is -2.34. The standard InChI is InChI=1S/C14H28N2/c1-6-9-14(4,12-15-5)13-16(10-7-2)11-8-3/h7-8,15H,2-3,6,9-13H2,1,4-5H3. The first-order valence-electron chi connectivity index (χ1n) is 6.20. The molecule has 0 saturated carbocycles. The summed E-state index contributed by atoms with van der Waals surface area (Å²) in [6.45, 7) is 16.3. The van der Waals surface area contributed by atoms with Gasteiger partial charge in [-0.15, -0.1) is 13.2 Å². The summed E-state index contributed by atoms with van der Waals surface area (Å²) in [7, 11) is 2.03. The Bertz CT molecular complexity index is 183. The van der Waals surface area contributed by atoms with Crippen LogP contribution in [-0.4, -0.2) is 38.1 Å². The smallest absolute Gasteiger partial charge is 0.0164 e. The Morgan fingerprint density at radius 3 is 2.19 bits per heavy atom. The lowest BCUT2D eigenvalue weighted by Crippen LogP contribution is -2.41. The van der Waals surface area contributed by atoms with E-state index in [4.69, 9.17) is 0 Å². The third-order valence-corrected chi connectivity index (χ3v) is 2.84. The van der Waals surface area contributed by atoms with E-state index in [1.54, 1.807) is 0 Å². The van der Waals surface area contributed by atoms with Crippen molar-refractivity contribution in [2.75, 3.05) is 33.2 Å². The van der Waals surface area contributed by atoms with Crippen LogP contribution in [0.4, 0.5) is 0 Å². The van der Waals surface area contributed by atoms with E-state index in [1.807, 2.05) is 19.2 Å². The molecule has 0 aromatic carbocycles. The van der Waals surface area contributed by atoms with Gasteiger partial charge >= 0.3 is 0 Å². The maximum atomic E-state index is 3.81. The highest BCUT2D eigenvalue weighted by molar-refractivity contribution is 4.86. The van der Waals surface area contributed by atoms with Gasteiger partial charge in [0.1, 0.15) is 0 Å². The molecule has 2 heteroatoms. The molecule has 0 saturated heterocycles. The van der Waals surface area contributed by atoms with Gasteiger partial charge in [0.2, 0.25) is 0 Å². The zero-order valence-electron chi connectivity index (χ0n) is 11.3. The van der Waals surface area contributed by atoms with Gasteiger partial charge in [0.15, 0.2) is 0 Å². The van der Waals surface area contributed by atoms with Gasteiger partial charge in [-0.3, -0.25) is 4.90 Å². The third-order valence-electron chi connectivity index (χ3n) is 2.84. The number of hydrogen-bond acceptors (Lipinski definition) is 2. The molecule has 1 atom stereocenters. The summed E-state index contributed by atoms with van der Waals surface area (Å²) < 4.78 is 0. The van der Waals surface area contributed by atoms with Gasteiger partial charge in [-0.05, 0) is 18.9 Å². The van der Waals surface area contributed by atoms with E-state index in [0.717, 1.165) is 26.2 Å². The van der Waals surface area contributed by atoms with Crippen molar-refractivity contribution in [2.45, 2.75) is 26.7 Å². The first kappa shape index (κ1) is 15.4. The summed E-state index contributed by atoms with van der Waals surface area (Å²) >= 11 is 0. The van der Waals surface area contributed by atoms with Crippen molar-refractivity contribution < 1.29 is 0 Å². The van der Waals surface area contributed by atoms with Crippen molar-refractivity contribution in [1.82, 2.24) is 10.2 Å². The van der Waals surface area contributed by atoms with Crippen LogP contribution in [0.15, 0.2) is 25.3 Å². The summed E-state index contributed by atoms with van der Waals surface area (Å²) in [5.41, 5.74) is 0.343. The first-order chi connectivity index (χ1) is 7.61. The van der Waals surface area contributed by atoms with Crippen LogP contribution in [0.1, 0.15) is 26.7 Å². The van der Waals surface area contributed by atoms with Crippen molar-refractivity contribution in [3.05, 3.63) is 25.3 Å². The average Bonchev–Trinajstić information content (AvgIpc) is 2.18. The van der Waals surface area contributed by atoms with Gasteiger partial charge in [0, 0.05) is 26.2 Å². The summed E-state index contributed by atoms with van der Waals surface area (Å²) in [5.74, 6) is 0. The van der Waals surface area contributed by atoms with E-state index in [2.05, 4.69) is 37.2 Å². The van der Waals surface area contributed by atoms with Crippen LogP contribution < -0.4 is 5.32 Å². The molecule has 0 spiro atoms. The van der Waals surface area contributed by atoms with Crippen LogP contribution in [0.25, 0.3) is 0 Å². The van der Waals surface area contributed by atoms with E-state index < -0.39 is 0 Å². The molecular weight excluding hydrogens is 196 g/mol. The molecule has 0 amide bonds. The highest BCUT2D eigenvalue weighted by atomic mass is 15.1. The molecule has 0 fully saturated rings. The van der Waals surface area contributed by atoms with Crippen molar-refractivity contribution in [1.29, 1.82) is 0 Å². The molecule has 0 rings (SSSR count). The largest absolute Gasteiger partial charge is 0.319 e. The molecule has 0 bridgehead atoms. The Balaban J connectivity index is 4.41. The Labute approximate surface area is 101 Å². The Morgan fingerprint density at radius 2 is 1.81 bits per heavy atom. The fourth-order valence-corrected chi connectivity index (χ4v) is 2.36. The van der Waals surface area contributed by atoms with Crippen molar-refractivity contribution in [2.24, 2.45) is 5.41 Å². The van der Waals surface area contributed by atoms with Crippen LogP contribution >= 0.6 is 0 Å². The third kappa shape index (κ3) is 6.09. The number of nitrogens with one attached hydrogen (secondary N) is 1. The minimum Gasteiger partial charge on any atom is -0.319 e. The topological polar surface area (TPSA) is 15.3 Å². The summed E-state index contributed by atoms with van der Waals surface area (Å²) in [6.07, 6.45) is 6.41. The maximum absolute atomic E-state index is 3.81. The lowest BCUT2D eigenvalue weighted by atomic mass is 9.84. The van der Waals surface area contributed by atoms with Crippen molar-refractivity contribution in [3.8, 4) is 0 Å². The Hall–Kier alpha value is -0.600. The first-order valence-corrected chi connectivity index (χ1v) is 6.20. The fourth-order valence-electron chi connectivity index (χ4n) is 2.36. The molecule has 1 unspecified atom stereocenters. The number of rotatable bonds is 10.